The zero-order valence-electron chi connectivity index (χ0n) is 12.3. The Balaban J connectivity index is 1.52. The maximum atomic E-state index is 12.4. The van der Waals surface area contributed by atoms with Crippen LogP contribution < -0.4 is 10.6 Å². The lowest BCUT2D eigenvalue weighted by Gasteiger charge is -2.27. The molecule has 2 aromatic rings. The van der Waals surface area contributed by atoms with Gasteiger partial charge in [0, 0.05) is 31.9 Å². The van der Waals surface area contributed by atoms with E-state index in [0.717, 1.165) is 17.0 Å². The molecule has 0 aromatic carbocycles. The standard InChI is InChI=1S/C15H15N5O3/c21-14(10-7-17-15(22)19-10)20-5-3-12-11(8-20)18-13(23-12)9-2-1-4-16-6-9/h1-2,4,6,10H,3,5,7-8H2,(H2,17,19,22). The highest BCUT2D eigenvalue weighted by atomic mass is 16.4. The van der Waals surface area contributed by atoms with Crippen molar-refractivity contribution in [1.29, 1.82) is 0 Å². The second kappa shape index (κ2) is 5.38. The van der Waals surface area contributed by atoms with E-state index in [1.54, 1.807) is 17.3 Å². The van der Waals surface area contributed by atoms with Gasteiger partial charge < -0.3 is 20.0 Å². The fourth-order valence-corrected chi connectivity index (χ4v) is 2.82. The molecular weight excluding hydrogens is 298 g/mol. The molecule has 1 saturated heterocycles. The quantitative estimate of drug-likeness (QED) is 0.830. The van der Waals surface area contributed by atoms with Gasteiger partial charge in [0.15, 0.2) is 0 Å². The van der Waals surface area contributed by atoms with Gasteiger partial charge >= 0.3 is 6.03 Å². The maximum absolute atomic E-state index is 12.4. The summed E-state index contributed by atoms with van der Waals surface area (Å²) >= 11 is 0. The Kier molecular flexibility index (Phi) is 3.22. The monoisotopic (exact) mass is 313 g/mol. The minimum Gasteiger partial charge on any atom is -0.441 e. The molecule has 4 rings (SSSR count). The van der Waals surface area contributed by atoms with Crippen molar-refractivity contribution in [1.82, 2.24) is 25.5 Å². The fraction of sp³-hybridized carbons (Fsp3) is 0.333. The fourth-order valence-electron chi connectivity index (χ4n) is 2.82. The van der Waals surface area contributed by atoms with Gasteiger partial charge in [0.1, 0.15) is 17.5 Å². The SMILES string of the molecule is O=C1NCC(C(=O)N2CCc3oc(-c4cccnc4)nc3C2)N1. The predicted molar refractivity (Wildman–Crippen MR) is 79.2 cm³/mol. The summed E-state index contributed by atoms with van der Waals surface area (Å²) in [5.41, 5.74) is 1.58. The van der Waals surface area contributed by atoms with Crippen molar-refractivity contribution in [2.45, 2.75) is 19.0 Å². The van der Waals surface area contributed by atoms with Crippen molar-refractivity contribution in [3.63, 3.8) is 0 Å². The Hall–Kier alpha value is -2.90. The third-order valence-corrected chi connectivity index (χ3v) is 4.02. The number of hydrogen-bond donors (Lipinski definition) is 2. The maximum Gasteiger partial charge on any atom is 0.315 e. The molecule has 2 aromatic heterocycles. The summed E-state index contributed by atoms with van der Waals surface area (Å²) < 4.78 is 5.79. The van der Waals surface area contributed by atoms with Crippen LogP contribution in [0.4, 0.5) is 4.79 Å². The van der Waals surface area contributed by atoms with Gasteiger partial charge in [-0.05, 0) is 12.1 Å². The first-order chi connectivity index (χ1) is 11.2. The van der Waals surface area contributed by atoms with E-state index in [-0.39, 0.29) is 11.9 Å². The molecular formula is C15H15N5O3. The van der Waals surface area contributed by atoms with E-state index < -0.39 is 6.04 Å². The number of nitrogens with zero attached hydrogens (tertiary/aromatic N) is 3. The van der Waals surface area contributed by atoms with E-state index >= 15 is 0 Å². The molecule has 0 saturated carbocycles. The topological polar surface area (TPSA) is 100 Å². The third-order valence-electron chi connectivity index (χ3n) is 4.02. The van der Waals surface area contributed by atoms with E-state index in [2.05, 4.69) is 20.6 Å². The summed E-state index contributed by atoms with van der Waals surface area (Å²) in [7, 11) is 0. The number of carbonyl (C=O) groups excluding carboxylic acids is 2. The van der Waals surface area contributed by atoms with Crippen molar-refractivity contribution in [3.8, 4) is 11.5 Å². The average molecular weight is 313 g/mol. The number of amides is 3. The number of pyridine rings is 1. The van der Waals surface area contributed by atoms with Crippen LogP contribution in [-0.4, -0.2) is 45.9 Å². The first-order valence-corrected chi connectivity index (χ1v) is 7.43. The Labute approximate surface area is 131 Å². The zero-order chi connectivity index (χ0) is 15.8. The van der Waals surface area contributed by atoms with Gasteiger partial charge in [-0.25, -0.2) is 9.78 Å². The lowest BCUT2D eigenvalue weighted by atomic mass is 10.1. The van der Waals surface area contributed by atoms with Crippen molar-refractivity contribution in [2.75, 3.05) is 13.1 Å². The Morgan fingerprint density at radius 2 is 2.35 bits per heavy atom. The summed E-state index contributed by atoms with van der Waals surface area (Å²) in [5.74, 6) is 1.23. The first kappa shape index (κ1) is 13.7. The predicted octanol–water partition coefficient (Wildman–Crippen LogP) is 0.303. The summed E-state index contributed by atoms with van der Waals surface area (Å²) in [4.78, 5) is 33.9. The van der Waals surface area contributed by atoms with Crippen molar-refractivity contribution >= 4 is 11.9 Å². The average Bonchev–Trinajstić information content (AvgIpc) is 3.20. The number of rotatable bonds is 2. The molecule has 1 fully saturated rings. The molecule has 0 spiro atoms. The summed E-state index contributed by atoms with van der Waals surface area (Å²) in [5, 5.41) is 5.21. The van der Waals surface area contributed by atoms with Gasteiger partial charge in [0.2, 0.25) is 11.8 Å². The molecule has 1 atom stereocenters. The van der Waals surface area contributed by atoms with Crippen LogP contribution in [0.1, 0.15) is 11.5 Å². The van der Waals surface area contributed by atoms with Crippen LogP contribution in [0.5, 0.6) is 0 Å². The van der Waals surface area contributed by atoms with Crippen LogP contribution in [0.25, 0.3) is 11.5 Å². The molecule has 23 heavy (non-hydrogen) atoms. The molecule has 3 amide bonds. The van der Waals surface area contributed by atoms with Gasteiger partial charge in [-0.15, -0.1) is 0 Å². The number of aromatic nitrogens is 2. The molecule has 2 aliphatic heterocycles. The lowest BCUT2D eigenvalue weighted by Crippen LogP contribution is -2.47. The number of hydrogen-bond acceptors (Lipinski definition) is 5. The summed E-state index contributed by atoms with van der Waals surface area (Å²) in [6.45, 7) is 1.27. The van der Waals surface area contributed by atoms with E-state index in [1.165, 1.54) is 0 Å². The van der Waals surface area contributed by atoms with E-state index in [1.807, 2.05) is 12.1 Å². The molecule has 0 aliphatic carbocycles. The van der Waals surface area contributed by atoms with Crippen LogP contribution in [0.2, 0.25) is 0 Å². The van der Waals surface area contributed by atoms with Crippen LogP contribution in [0.15, 0.2) is 28.9 Å². The van der Waals surface area contributed by atoms with E-state index in [0.29, 0.717) is 31.9 Å². The molecule has 2 N–H and O–H groups in total. The minimum absolute atomic E-state index is 0.0973. The van der Waals surface area contributed by atoms with Gasteiger partial charge in [-0.2, -0.15) is 0 Å². The molecule has 1 unspecified atom stereocenters. The number of fused-ring (bicyclic) bond motifs is 1. The van der Waals surface area contributed by atoms with Crippen LogP contribution in [0.3, 0.4) is 0 Å². The molecule has 4 heterocycles. The van der Waals surface area contributed by atoms with Gasteiger partial charge in [-0.1, -0.05) is 0 Å². The normalized spacial score (nSPS) is 19.9. The highest BCUT2D eigenvalue weighted by Crippen LogP contribution is 2.26. The number of oxazole rings is 1. The van der Waals surface area contributed by atoms with Crippen molar-refractivity contribution in [2.24, 2.45) is 0 Å². The Morgan fingerprint density at radius 1 is 1.43 bits per heavy atom. The third kappa shape index (κ3) is 2.52. The second-order valence-electron chi connectivity index (χ2n) is 5.55. The highest BCUT2D eigenvalue weighted by molar-refractivity contribution is 5.90. The highest BCUT2D eigenvalue weighted by Gasteiger charge is 2.33. The minimum atomic E-state index is -0.506. The Morgan fingerprint density at radius 3 is 3.09 bits per heavy atom. The number of carbonyl (C=O) groups is 2. The lowest BCUT2D eigenvalue weighted by molar-refractivity contribution is -0.133. The van der Waals surface area contributed by atoms with Gasteiger partial charge in [0.05, 0.1) is 12.1 Å². The zero-order valence-corrected chi connectivity index (χ0v) is 12.3. The van der Waals surface area contributed by atoms with E-state index in [9.17, 15) is 9.59 Å². The molecule has 8 nitrogen and oxygen atoms in total. The first-order valence-electron chi connectivity index (χ1n) is 7.43. The van der Waals surface area contributed by atoms with Gasteiger partial charge in [-0.3, -0.25) is 9.78 Å². The molecule has 2 aliphatic rings. The van der Waals surface area contributed by atoms with Crippen LogP contribution in [0, 0.1) is 0 Å². The largest absolute Gasteiger partial charge is 0.441 e. The Bertz CT molecular complexity index is 758. The van der Waals surface area contributed by atoms with Crippen LogP contribution in [-0.2, 0) is 17.8 Å². The molecule has 0 radical (unpaired) electrons. The van der Waals surface area contributed by atoms with Gasteiger partial charge in [0.25, 0.3) is 0 Å². The smallest absolute Gasteiger partial charge is 0.315 e. The van der Waals surface area contributed by atoms with Crippen molar-refractivity contribution in [3.05, 3.63) is 36.0 Å². The molecule has 118 valence electrons. The van der Waals surface area contributed by atoms with Crippen LogP contribution >= 0.6 is 0 Å². The summed E-state index contributed by atoms with van der Waals surface area (Å²) in [6, 6.07) is 2.90. The molecule has 0 bridgehead atoms. The molecule has 8 heteroatoms. The second-order valence-corrected chi connectivity index (χ2v) is 5.55. The van der Waals surface area contributed by atoms with Crippen molar-refractivity contribution < 1.29 is 14.0 Å². The number of urea groups is 1. The summed E-state index contributed by atoms with van der Waals surface area (Å²) in [6.07, 6.45) is 4.00. The van der Waals surface area contributed by atoms with E-state index in [4.69, 9.17) is 4.42 Å². The number of nitrogens with one attached hydrogen (secondary N) is 2.